The van der Waals surface area contributed by atoms with Crippen molar-refractivity contribution < 1.29 is 87.2 Å². The van der Waals surface area contributed by atoms with E-state index in [2.05, 4.69) is 27.3 Å². The van der Waals surface area contributed by atoms with Crippen LogP contribution in [0, 0.1) is 75.2 Å². The maximum absolute atomic E-state index is 13.7. The van der Waals surface area contributed by atoms with E-state index in [1.165, 1.54) is 11.8 Å². The fraction of sp³-hybridized carbons (Fsp3) is 0.583. The average Bonchev–Trinajstić information content (AvgIpc) is 3.60. The molecule has 8 atom stereocenters. The molecule has 0 aliphatic carbocycles. The van der Waals surface area contributed by atoms with Gasteiger partial charge < -0.3 is 44.6 Å². The monoisotopic (exact) mass is 950 g/mol. The molecule has 5 aliphatic rings. The van der Waals surface area contributed by atoms with Crippen molar-refractivity contribution in [1.82, 2.24) is 15.1 Å². The number of ether oxygens (including phenoxy) is 6. The molecule has 2 saturated heterocycles. The van der Waals surface area contributed by atoms with E-state index in [9.17, 15) is 20.0 Å². The van der Waals surface area contributed by atoms with Crippen molar-refractivity contribution in [1.29, 1.82) is 5.26 Å². The molecule has 1 radical (unpaired) electrons. The van der Waals surface area contributed by atoms with Gasteiger partial charge in [0.2, 0.25) is 12.7 Å². The summed E-state index contributed by atoms with van der Waals surface area (Å²) in [4.78, 5) is 31.3. The van der Waals surface area contributed by atoms with E-state index in [4.69, 9.17) is 34.2 Å². The van der Waals surface area contributed by atoms with Gasteiger partial charge in [-0.1, -0.05) is 19.9 Å². The number of aromatic hydroxyl groups is 1. The number of piperazine rings is 1. The molecular formula is C36H45AcN5O9S. The van der Waals surface area contributed by atoms with Crippen molar-refractivity contribution in [3.63, 3.8) is 0 Å². The van der Waals surface area contributed by atoms with Crippen LogP contribution in [0.3, 0.4) is 0 Å². The zero-order chi connectivity index (χ0) is 36.5. The summed E-state index contributed by atoms with van der Waals surface area (Å²) >= 11 is 1.41. The number of hydrogen-bond acceptors (Lipinski definition) is 14. The number of amides is 1. The van der Waals surface area contributed by atoms with E-state index in [0.717, 1.165) is 16.7 Å². The number of nitrogens with two attached hydrogens (primary N) is 1. The molecule has 277 valence electrons. The number of methoxy groups -OCH3 is 2. The van der Waals surface area contributed by atoms with E-state index >= 15 is 0 Å². The second-order valence-electron chi connectivity index (χ2n) is 14.2. The smallest absolute Gasteiger partial charge is 0.329 e. The van der Waals surface area contributed by atoms with Crippen molar-refractivity contribution >= 4 is 23.6 Å². The molecule has 1 amide bonds. The number of nitrogens with zero attached hydrogens (tertiary/aromatic N) is 3. The summed E-state index contributed by atoms with van der Waals surface area (Å²) in [5.74, 6) is 1.00. The Labute approximate surface area is 343 Å². The molecule has 4 bridgehead atoms. The van der Waals surface area contributed by atoms with E-state index in [0.29, 0.717) is 46.1 Å². The van der Waals surface area contributed by atoms with Crippen LogP contribution in [-0.2, 0) is 25.5 Å². The Morgan fingerprint density at radius 3 is 2.58 bits per heavy atom. The van der Waals surface area contributed by atoms with E-state index in [1.807, 2.05) is 27.8 Å². The van der Waals surface area contributed by atoms with Gasteiger partial charge in [0, 0.05) is 91.3 Å². The fourth-order valence-corrected chi connectivity index (χ4v) is 10.1. The molecule has 5 aliphatic heterocycles. The summed E-state index contributed by atoms with van der Waals surface area (Å²) in [7, 11) is 5.19. The van der Waals surface area contributed by atoms with Gasteiger partial charge in [-0.25, -0.2) is 4.79 Å². The van der Waals surface area contributed by atoms with Gasteiger partial charge in [-0.05, 0) is 44.4 Å². The predicted octanol–water partition coefficient (Wildman–Crippen LogP) is 2.76. The third kappa shape index (κ3) is 6.12. The number of hydrogen-bond donors (Lipinski definition) is 3. The van der Waals surface area contributed by atoms with Crippen LogP contribution in [0.5, 0.6) is 28.7 Å². The number of nitriles is 1. The molecule has 0 saturated carbocycles. The van der Waals surface area contributed by atoms with Gasteiger partial charge in [-0.2, -0.15) is 5.26 Å². The van der Waals surface area contributed by atoms with Crippen LogP contribution in [-0.4, -0.2) is 104 Å². The number of likely N-dealkylation sites (N-methyl/N-ethyl adjacent to an activating group) is 1. The summed E-state index contributed by atoms with van der Waals surface area (Å²) in [6, 6.07) is 0.465. The minimum absolute atomic E-state index is 0. The van der Waals surface area contributed by atoms with Gasteiger partial charge in [-0.15, -0.1) is 11.8 Å². The molecule has 52 heavy (non-hydrogen) atoms. The predicted molar refractivity (Wildman–Crippen MR) is 186 cm³/mol. The summed E-state index contributed by atoms with van der Waals surface area (Å²) < 4.78 is 35.6. The van der Waals surface area contributed by atoms with Crippen LogP contribution in [0.4, 0.5) is 0 Å². The number of phenols is 1. The third-order valence-corrected chi connectivity index (χ3v) is 12.5. The quantitative estimate of drug-likeness (QED) is 0.273. The average molecular weight is 951 g/mol. The van der Waals surface area contributed by atoms with Gasteiger partial charge in [0.1, 0.15) is 24.4 Å². The topological polar surface area (TPSA) is 178 Å². The van der Waals surface area contributed by atoms with Gasteiger partial charge in [-0.3, -0.25) is 14.6 Å². The van der Waals surface area contributed by atoms with Crippen molar-refractivity contribution in [2.75, 3.05) is 47.2 Å². The zero-order valence-corrected chi connectivity index (χ0v) is 36.0. The SMILES string of the molecule is COCOc1c(OC)c(C)cc2c1[C@@H]1C3[C@@H]4SC[C@H](NC(=O)C(N)C(C)C)C(=O)OC[C@@H](c5c6c(c(C)c(O)c54)OCO6)N3[C@@H](C#N)[C@H](C2)N1C.[Ac]. The second-order valence-corrected chi connectivity index (χ2v) is 15.3. The summed E-state index contributed by atoms with van der Waals surface area (Å²) in [5.41, 5.74) is 10.8. The first-order valence-electron chi connectivity index (χ1n) is 17.1. The number of rotatable bonds is 7. The molecule has 16 heteroatoms. The van der Waals surface area contributed by atoms with Crippen molar-refractivity contribution in [3.05, 3.63) is 39.4 Å². The molecule has 4 N–H and O–H groups in total. The van der Waals surface area contributed by atoms with Crippen molar-refractivity contribution in [2.24, 2.45) is 11.7 Å². The number of nitrogens with one attached hydrogen (secondary N) is 1. The molecule has 0 spiro atoms. The Morgan fingerprint density at radius 1 is 1.17 bits per heavy atom. The molecule has 7 rings (SSSR count). The van der Waals surface area contributed by atoms with Crippen LogP contribution in [0.2, 0.25) is 0 Å². The molecule has 2 fully saturated rings. The summed E-state index contributed by atoms with van der Waals surface area (Å²) in [5, 5.41) is 25.4. The third-order valence-electron chi connectivity index (χ3n) is 11.1. The second kappa shape index (κ2) is 15.3. The van der Waals surface area contributed by atoms with E-state index in [-0.39, 0.29) is 93.8 Å². The summed E-state index contributed by atoms with van der Waals surface area (Å²) in [6.45, 7) is 7.22. The first kappa shape index (κ1) is 39.2. The Balaban J connectivity index is 0.00000464. The molecular weight excluding hydrogens is 905 g/mol. The number of aryl methyl sites for hydroxylation is 1. The van der Waals surface area contributed by atoms with Crippen LogP contribution in [0.25, 0.3) is 0 Å². The molecule has 5 heterocycles. The minimum atomic E-state index is -1.01. The Morgan fingerprint density at radius 2 is 1.90 bits per heavy atom. The van der Waals surface area contributed by atoms with Gasteiger partial charge in [0.05, 0.1) is 36.6 Å². The van der Waals surface area contributed by atoms with E-state index < -0.39 is 47.3 Å². The number of thioether (sulfide) groups is 1. The van der Waals surface area contributed by atoms with Crippen LogP contribution in [0.1, 0.15) is 64.6 Å². The Kier molecular flexibility index (Phi) is 11.6. The van der Waals surface area contributed by atoms with Gasteiger partial charge in [0.15, 0.2) is 29.8 Å². The number of cyclic esters (lactones) is 1. The first-order chi connectivity index (χ1) is 24.4. The van der Waals surface area contributed by atoms with Crippen molar-refractivity contribution in [2.45, 2.75) is 81.7 Å². The Hall–Kier alpha value is -2.50. The first-order valence-corrected chi connectivity index (χ1v) is 18.2. The van der Waals surface area contributed by atoms with E-state index in [1.54, 1.807) is 21.1 Å². The molecule has 2 unspecified atom stereocenters. The zero-order valence-electron chi connectivity index (χ0n) is 30.4. The molecule has 0 aromatic heterocycles. The number of carbonyl (C=O) groups is 2. The number of fused-ring (bicyclic) bond motifs is 9. The Bertz CT molecular complexity index is 1810. The maximum Gasteiger partial charge on any atom is 0.329 e. The van der Waals surface area contributed by atoms with Crippen molar-refractivity contribution in [3.8, 4) is 34.8 Å². The normalized spacial score (nSPS) is 28.0. The molecule has 14 nitrogen and oxygen atoms in total. The van der Waals surface area contributed by atoms with Crippen LogP contribution >= 0.6 is 11.8 Å². The summed E-state index contributed by atoms with van der Waals surface area (Å²) in [6.07, 6.45) is 0.552. The number of benzene rings is 2. The molecule has 2 aromatic carbocycles. The number of carbonyl (C=O) groups excluding carboxylic acids is 2. The standard InChI is InChI=1S/C36H45N5O9S.Ac/c1-15(2)26(38)35(43)39-19-12-51-34-25-24(33-31(49-14-50-33)17(4)29(25)42)22(11-47-36(19)44)41-21(10-37)20-9-18-8-16(3)30(46-7)32(48-13-45-6)23(18)27(28(34)41)40(20)5;/h8,15,19-22,26-28,34,42H,9,11-14,38H2,1-7H3,(H,39,43);/t19-,20-,21-,22-,26?,27+,28?,34+;/m0./s1. The van der Waals surface area contributed by atoms with Crippen LogP contribution in [0.15, 0.2) is 6.07 Å². The fourth-order valence-electron chi connectivity index (χ4n) is 8.62. The number of esters is 1. The largest absolute Gasteiger partial charge is 0.507 e. The number of phenolic OH excluding ortho intramolecular Hbond substituents is 1. The minimum Gasteiger partial charge on any atom is -0.507 e. The maximum atomic E-state index is 13.7. The van der Waals surface area contributed by atoms with Gasteiger partial charge >= 0.3 is 5.97 Å². The molecule has 2 aromatic rings. The van der Waals surface area contributed by atoms with Gasteiger partial charge in [0.25, 0.3) is 0 Å². The van der Waals surface area contributed by atoms with Crippen LogP contribution < -0.4 is 30.0 Å².